The molecule has 270 valence electrons. The van der Waals surface area contributed by atoms with Gasteiger partial charge >= 0.3 is 12.1 Å². The highest BCUT2D eigenvalue weighted by Gasteiger charge is 2.30. The maximum absolute atomic E-state index is 12.6. The van der Waals surface area contributed by atoms with E-state index in [0.717, 1.165) is 22.3 Å². The van der Waals surface area contributed by atoms with E-state index in [4.69, 9.17) is 29.9 Å². The molecule has 0 aliphatic carbocycles. The number of hydrogen-bond acceptors (Lipinski definition) is 12. The van der Waals surface area contributed by atoms with Crippen LogP contribution in [-0.4, -0.2) is 90.9 Å². The van der Waals surface area contributed by atoms with Crippen LogP contribution < -0.4 is 15.8 Å². The minimum atomic E-state index is -1.36. The van der Waals surface area contributed by atoms with E-state index < -0.39 is 42.0 Å². The molecule has 0 fully saturated rings. The van der Waals surface area contributed by atoms with Crippen molar-refractivity contribution in [1.82, 2.24) is 20.4 Å². The van der Waals surface area contributed by atoms with Crippen molar-refractivity contribution < 1.29 is 43.7 Å². The Balaban J connectivity index is 0.000000381. The second-order valence-corrected chi connectivity index (χ2v) is 13.3. The number of nitrogens with zero attached hydrogens (tertiary/aromatic N) is 4. The number of nitrogens with two attached hydrogens (primary N) is 1. The highest BCUT2D eigenvalue weighted by molar-refractivity contribution is 5.83. The van der Waals surface area contributed by atoms with Gasteiger partial charge < -0.3 is 45.3 Å². The molecule has 2 aromatic carbocycles. The van der Waals surface area contributed by atoms with E-state index in [9.17, 15) is 24.8 Å². The first-order valence-electron chi connectivity index (χ1n) is 16.1. The Bertz CT molecular complexity index is 1720. The number of nitriles is 1. The average Bonchev–Trinajstić information content (AvgIpc) is 3.52. The van der Waals surface area contributed by atoms with Gasteiger partial charge in [-0.2, -0.15) is 10.2 Å². The summed E-state index contributed by atoms with van der Waals surface area (Å²) in [7, 11) is 0. The highest BCUT2D eigenvalue weighted by Crippen LogP contribution is 2.32. The Hall–Kier alpha value is -5.04. The number of carboxylic acids is 1. The monoisotopic (exact) mass is 694 g/mol. The lowest BCUT2D eigenvalue weighted by atomic mass is 9.91. The number of carboxylic acid groups (broad SMARTS) is 1. The molecule has 2 heterocycles. The van der Waals surface area contributed by atoms with E-state index in [1.807, 2.05) is 32.9 Å². The van der Waals surface area contributed by atoms with E-state index in [-0.39, 0.29) is 12.0 Å². The van der Waals surface area contributed by atoms with Gasteiger partial charge in [-0.05, 0) is 96.7 Å². The molecular formula is C35H46N6O9. The summed E-state index contributed by atoms with van der Waals surface area (Å²) in [6.07, 6.45) is -2.33. The van der Waals surface area contributed by atoms with Crippen LogP contribution in [0, 0.1) is 18.3 Å². The van der Waals surface area contributed by atoms with E-state index in [0.29, 0.717) is 48.1 Å². The van der Waals surface area contributed by atoms with Crippen molar-refractivity contribution in [3.05, 3.63) is 52.6 Å². The number of aliphatic carboxylic acids is 1. The van der Waals surface area contributed by atoms with Gasteiger partial charge in [-0.1, -0.05) is 17.3 Å². The minimum Gasteiger partial charge on any atom is -0.490 e. The van der Waals surface area contributed by atoms with Crippen molar-refractivity contribution >= 4 is 18.0 Å². The van der Waals surface area contributed by atoms with Gasteiger partial charge in [0.25, 0.3) is 5.89 Å². The summed E-state index contributed by atoms with van der Waals surface area (Å²) >= 11 is 0. The molecule has 0 radical (unpaired) electrons. The molecule has 1 aromatic heterocycles. The zero-order valence-corrected chi connectivity index (χ0v) is 29.6. The van der Waals surface area contributed by atoms with Crippen molar-refractivity contribution in [3.8, 4) is 34.7 Å². The quantitative estimate of drug-likeness (QED) is 0.217. The van der Waals surface area contributed by atoms with E-state index >= 15 is 0 Å². The number of carbonyl (C=O) groups is 3. The summed E-state index contributed by atoms with van der Waals surface area (Å²) in [6.45, 7) is 14.5. The van der Waals surface area contributed by atoms with Gasteiger partial charge in [0.05, 0.1) is 23.9 Å². The second-order valence-electron chi connectivity index (χ2n) is 13.3. The number of rotatable bonds is 9. The highest BCUT2D eigenvalue weighted by atomic mass is 16.6. The zero-order valence-electron chi connectivity index (χ0n) is 29.6. The van der Waals surface area contributed by atoms with Crippen LogP contribution in [0.15, 0.2) is 34.9 Å². The lowest BCUT2D eigenvalue weighted by molar-refractivity contribution is -0.142. The molecule has 4 atom stereocenters. The summed E-state index contributed by atoms with van der Waals surface area (Å²) in [6, 6.07) is 8.95. The van der Waals surface area contributed by atoms with E-state index in [1.54, 1.807) is 43.9 Å². The van der Waals surface area contributed by atoms with Crippen LogP contribution in [0.1, 0.15) is 70.7 Å². The summed E-state index contributed by atoms with van der Waals surface area (Å²) < 4.78 is 16.0. The van der Waals surface area contributed by atoms with Crippen LogP contribution >= 0.6 is 0 Å². The molecule has 0 saturated heterocycles. The van der Waals surface area contributed by atoms with Gasteiger partial charge in [0.15, 0.2) is 6.04 Å². The molecule has 4 rings (SSSR count). The topological polar surface area (TPSA) is 234 Å². The first-order valence-corrected chi connectivity index (χ1v) is 16.1. The number of alkyl carbamates (subject to hydrolysis) is 1. The summed E-state index contributed by atoms with van der Waals surface area (Å²) in [5.74, 6) is -0.282. The Kier molecular flexibility index (Phi) is 13.1. The number of aliphatic hydroxyl groups is 2. The standard InChI is InChI=1S/C26H29N5O4.C9H17NO5/c1-14(2)34-22-8-6-17(11-19(22)12-27)25-29-24(30-35-25)21-7-5-18-13-31(10-9-20(18)15(21)3)26(33)23(28)16(4)32;1-5(11)6(7(12)13)10-8(14)15-9(2,3)4/h5-8,11,14,16,23,32H,9-10,13,28H2,1-4H3;5-6,11H,1-4H3,(H,10,14)(H,12,13)/t16-,23-;5-,6-/m11/s1. The molecule has 0 bridgehead atoms. The van der Waals surface area contributed by atoms with Crippen LogP contribution in [0.25, 0.3) is 22.8 Å². The molecule has 2 amide bonds. The fraction of sp³-hybridized carbons (Fsp3) is 0.486. The molecule has 0 unspecified atom stereocenters. The average molecular weight is 695 g/mol. The second kappa shape index (κ2) is 16.6. The van der Waals surface area contributed by atoms with Crippen molar-refractivity contribution in [1.29, 1.82) is 5.26 Å². The first-order chi connectivity index (χ1) is 23.3. The molecule has 1 aliphatic rings. The van der Waals surface area contributed by atoms with Crippen LogP contribution in [0.4, 0.5) is 4.79 Å². The SMILES string of the molecule is C[C@@H](O)[C@@H](NC(=O)OC(C)(C)C)C(=O)O.Cc1c(-c2noc(-c3ccc(OC(C)C)c(C#N)c3)n2)ccc2c1CCN(C(=O)[C@H](N)[C@@H](C)O)C2. The van der Waals surface area contributed by atoms with Crippen molar-refractivity contribution in [2.45, 2.75) is 104 Å². The van der Waals surface area contributed by atoms with Crippen molar-refractivity contribution in [2.75, 3.05) is 6.54 Å². The number of hydrogen-bond donors (Lipinski definition) is 5. The van der Waals surface area contributed by atoms with Crippen LogP contribution in [0.5, 0.6) is 5.75 Å². The van der Waals surface area contributed by atoms with Crippen LogP contribution in [-0.2, 0) is 27.3 Å². The third kappa shape index (κ3) is 10.2. The van der Waals surface area contributed by atoms with Gasteiger partial charge in [-0.15, -0.1) is 0 Å². The van der Waals surface area contributed by atoms with Gasteiger partial charge in [-0.25, -0.2) is 9.59 Å². The van der Waals surface area contributed by atoms with E-state index in [1.165, 1.54) is 13.8 Å². The fourth-order valence-corrected chi connectivity index (χ4v) is 5.07. The third-order valence-corrected chi connectivity index (χ3v) is 7.60. The third-order valence-electron chi connectivity index (χ3n) is 7.60. The number of carbonyl (C=O) groups excluding carboxylic acids is 2. The molecule has 15 nitrogen and oxygen atoms in total. The van der Waals surface area contributed by atoms with Gasteiger partial charge in [0.2, 0.25) is 11.7 Å². The normalized spacial score (nSPS) is 15.0. The van der Waals surface area contributed by atoms with Crippen LogP contribution in [0.2, 0.25) is 0 Å². The maximum atomic E-state index is 12.6. The number of nitrogens with one attached hydrogen (secondary N) is 1. The minimum absolute atomic E-state index is 0.0462. The zero-order chi connectivity index (χ0) is 37.5. The Labute approximate surface area is 291 Å². The first kappa shape index (κ1) is 39.4. The maximum Gasteiger partial charge on any atom is 0.408 e. The summed E-state index contributed by atoms with van der Waals surface area (Å²) in [4.78, 5) is 40.6. The van der Waals surface area contributed by atoms with Gasteiger partial charge in [0, 0.05) is 24.2 Å². The Morgan fingerprint density at radius 2 is 1.78 bits per heavy atom. The number of aromatic nitrogens is 2. The van der Waals surface area contributed by atoms with Crippen molar-refractivity contribution in [2.24, 2.45) is 5.73 Å². The number of fused-ring (bicyclic) bond motifs is 1. The molecule has 15 heteroatoms. The predicted octanol–water partition coefficient (Wildman–Crippen LogP) is 3.31. The molecular weight excluding hydrogens is 648 g/mol. The molecule has 0 spiro atoms. The lowest BCUT2D eigenvalue weighted by Gasteiger charge is -2.32. The summed E-state index contributed by atoms with van der Waals surface area (Å²) in [5.41, 5.74) is 10.2. The molecule has 6 N–H and O–H groups in total. The van der Waals surface area contributed by atoms with Crippen LogP contribution in [0.3, 0.4) is 0 Å². The molecule has 50 heavy (non-hydrogen) atoms. The van der Waals surface area contributed by atoms with Gasteiger partial charge in [0.1, 0.15) is 23.5 Å². The van der Waals surface area contributed by atoms with Gasteiger partial charge in [-0.3, -0.25) is 4.79 Å². The van der Waals surface area contributed by atoms with E-state index in [2.05, 4.69) is 21.5 Å². The summed E-state index contributed by atoms with van der Waals surface area (Å²) in [5, 5.41) is 43.1. The lowest BCUT2D eigenvalue weighted by Crippen LogP contribution is -2.50. The number of ether oxygens (including phenoxy) is 2. The van der Waals surface area contributed by atoms with Crippen molar-refractivity contribution in [3.63, 3.8) is 0 Å². The molecule has 3 aromatic rings. The molecule has 0 saturated carbocycles. The molecule has 1 aliphatic heterocycles. The fourth-order valence-electron chi connectivity index (χ4n) is 5.07. The number of amides is 2. The largest absolute Gasteiger partial charge is 0.490 e. The number of benzene rings is 2. The Morgan fingerprint density at radius 1 is 1.10 bits per heavy atom. The Morgan fingerprint density at radius 3 is 2.34 bits per heavy atom. The predicted molar refractivity (Wildman–Crippen MR) is 182 cm³/mol. The number of aliphatic hydroxyl groups excluding tert-OH is 2. The smallest absolute Gasteiger partial charge is 0.408 e.